The molecule has 3 nitrogen and oxygen atoms in total. The summed E-state index contributed by atoms with van der Waals surface area (Å²) in [6.07, 6.45) is 0. The molecule has 0 atom stereocenters. The maximum Gasteiger partial charge on any atom is 0.179 e. The molecule has 0 saturated heterocycles. The number of rotatable bonds is 4. The van der Waals surface area contributed by atoms with Gasteiger partial charge in [0, 0.05) is 11.0 Å². The molecule has 0 unspecified atom stereocenters. The van der Waals surface area contributed by atoms with Crippen molar-refractivity contribution in [3.05, 3.63) is 28.7 Å². The second-order valence-electron chi connectivity index (χ2n) is 2.88. The van der Waals surface area contributed by atoms with E-state index < -0.39 is 9.84 Å². The highest BCUT2D eigenvalue weighted by Gasteiger charge is 2.12. The van der Waals surface area contributed by atoms with E-state index in [0.717, 1.165) is 4.47 Å². The van der Waals surface area contributed by atoms with Gasteiger partial charge in [0.25, 0.3) is 0 Å². The molecule has 0 aliphatic heterocycles. The van der Waals surface area contributed by atoms with Crippen molar-refractivity contribution in [2.24, 2.45) is 0 Å². The van der Waals surface area contributed by atoms with E-state index in [9.17, 15) is 8.42 Å². The van der Waals surface area contributed by atoms with Crippen molar-refractivity contribution in [2.75, 3.05) is 19.3 Å². The first kappa shape index (κ1) is 11.7. The molecule has 14 heavy (non-hydrogen) atoms. The maximum absolute atomic E-state index is 11.6. The van der Waals surface area contributed by atoms with Gasteiger partial charge in [-0.25, -0.2) is 8.42 Å². The molecule has 0 radical (unpaired) electrons. The highest BCUT2D eigenvalue weighted by atomic mass is 79.9. The third kappa shape index (κ3) is 3.08. The van der Waals surface area contributed by atoms with E-state index in [-0.39, 0.29) is 5.75 Å². The molecule has 1 aromatic rings. The van der Waals surface area contributed by atoms with Gasteiger partial charge in [-0.15, -0.1) is 0 Å². The molecule has 1 rings (SSSR count). The zero-order chi connectivity index (χ0) is 10.6. The van der Waals surface area contributed by atoms with E-state index in [2.05, 4.69) is 21.2 Å². The molecular weight excluding hydrogens is 266 g/mol. The van der Waals surface area contributed by atoms with Gasteiger partial charge >= 0.3 is 0 Å². The molecule has 0 spiro atoms. The highest BCUT2D eigenvalue weighted by molar-refractivity contribution is 9.10. The lowest BCUT2D eigenvalue weighted by molar-refractivity contribution is 0.593. The van der Waals surface area contributed by atoms with Crippen LogP contribution in [0.25, 0.3) is 0 Å². The Kier molecular flexibility index (Phi) is 4.10. The number of benzene rings is 1. The van der Waals surface area contributed by atoms with Crippen LogP contribution in [0, 0.1) is 0 Å². The third-order valence-corrected chi connectivity index (χ3v) is 4.05. The second-order valence-corrected chi connectivity index (χ2v) is 5.90. The fourth-order valence-corrected chi connectivity index (χ4v) is 2.52. The standard InChI is InChI=1S/C9H12BrNO2S/c1-11-6-7-14(12,13)9-4-2-8(10)3-5-9/h2-5,11H,6-7H2,1H3. The molecule has 0 fully saturated rings. The molecule has 78 valence electrons. The molecule has 5 heteroatoms. The fourth-order valence-electron chi connectivity index (χ4n) is 0.996. The van der Waals surface area contributed by atoms with Crippen molar-refractivity contribution >= 4 is 25.8 Å². The third-order valence-electron chi connectivity index (χ3n) is 1.79. The fraction of sp³-hybridized carbons (Fsp3) is 0.333. The summed E-state index contributed by atoms with van der Waals surface area (Å²) in [5.74, 6) is 0.130. The van der Waals surface area contributed by atoms with Crippen LogP contribution in [0.2, 0.25) is 0 Å². The summed E-state index contributed by atoms with van der Waals surface area (Å²) < 4.78 is 24.2. The van der Waals surface area contributed by atoms with Gasteiger partial charge in [-0.1, -0.05) is 15.9 Å². The maximum atomic E-state index is 11.6. The Morgan fingerprint density at radius 1 is 1.29 bits per heavy atom. The van der Waals surface area contributed by atoms with Crippen LogP contribution in [0.3, 0.4) is 0 Å². The van der Waals surface area contributed by atoms with Gasteiger partial charge in [-0.3, -0.25) is 0 Å². The largest absolute Gasteiger partial charge is 0.319 e. The molecule has 0 saturated carbocycles. The Balaban J connectivity index is 2.87. The molecular formula is C9H12BrNO2S. The van der Waals surface area contributed by atoms with Crippen LogP contribution < -0.4 is 5.32 Å². The topological polar surface area (TPSA) is 46.2 Å². The molecule has 0 bridgehead atoms. The van der Waals surface area contributed by atoms with Crippen LogP contribution in [0.4, 0.5) is 0 Å². The SMILES string of the molecule is CNCCS(=O)(=O)c1ccc(Br)cc1. The van der Waals surface area contributed by atoms with Gasteiger partial charge in [0.1, 0.15) is 0 Å². The Labute approximate surface area is 92.6 Å². The molecule has 1 aromatic carbocycles. The highest BCUT2D eigenvalue weighted by Crippen LogP contribution is 2.15. The quantitative estimate of drug-likeness (QED) is 0.906. The van der Waals surface area contributed by atoms with Gasteiger partial charge in [0.05, 0.1) is 10.6 Å². The minimum absolute atomic E-state index is 0.130. The molecule has 0 heterocycles. The van der Waals surface area contributed by atoms with Crippen LogP contribution in [0.15, 0.2) is 33.6 Å². The Hall–Kier alpha value is -0.390. The number of halogens is 1. The van der Waals surface area contributed by atoms with E-state index in [4.69, 9.17) is 0 Å². The van der Waals surface area contributed by atoms with Crippen molar-refractivity contribution in [1.82, 2.24) is 5.32 Å². The molecule has 0 aliphatic carbocycles. The van der Waals surface area contributed by atoms with Crippen molar-refractivity contribution < 1.29 is 8.42 Å². The first-order valence-corrected chi connectivity index (χ1v) is 6.64. The van der Waals surface area contributed by atoms with Crippen molar-refractivity contribution in [1.29, 1.82) is 0 Å². The predicted octanol–water partition coefficient (Wildman–Crippen LogP) is 1.44. The lowest BCUT2D eigenvalue weighted by Gasteiger charge is -2.03. The smallest absolute Gasteiger partial charge is 0.179 e. The Morgan fingerprint density at radius 3 is 2.36 bits per heavy atom. The number of sulfone groups is 1. The first-order valence-electron chi connectivity index (χ1n) is 4.19. The average Bonchev–Trinajstić information content (AvgIpc) is 2.16. The van der Waals surface area contributed by atoms with Crippen molar-refractivity contribution in [3.63, 3.8) is 0 Å². The van der Waals surface area contributed by atoms with Crippen molar-refractivity contribution in [2.45, 2.75) is 4.90 Å². The van der Waals surface area contributed by atoms with Crippen LogP contribution in [-0.4, -0.2) is 27.8 Å². The molecule has 0 aromatic heterocycles. The van der Waals surface area contributed by atoms with E-state index >= 15 is 0 Å². The van der Waals surface area contributed by atoms with Crippen molar-refractivity contribution in [3.8, 4) is 0 Å². The molecule has 1 N–H and O–H groups in total. The Morgan fingerprint density at radius 2 is 1.86 bits per heavy atom. The number of hydrogen-bond acceptors (Lipinski definition) is 3. The Bertz CT molecular complexity index is 386. The summed E-state index contributed by atoms with van der Waals surface area (Å²) in [7, 11) is -1.39. The summed E-state index contributed by atoms with van der Waals surface area (Å²) in [6.45, 7) is 0.471. The van der Waals surface area contributed by atoms with E-state index in [1.165, 1.54) is 0 Å². The van der Waals surface area contributed by atoms with E-state index in [1.54, 1.807) is 31.3 Å². The summed E-state index contributed by atoms with van der Waals surface area (Å²) in [6, 6.07) is 6.67. The summed E-state index contributed by atoms with van der Waals surface area (Å²) in [4.78, 5) is 0.371. The minimum atomic E-state index is -3.12. The number of nitrogens with one attached hydrogen (secondary N) is 1. The van der Waals surface area contributed by atoms with Crippen LogP contribution in [0.1, 0.15) is 0 Å². The van der Waals surface area contributed by atoms with Gasteiger partial charge in [-0.05, 0) is 31.3 Å². The van der Waals surface area contributed by atoms with Gasteiger partial charge < -0.3 is 5.32 Å². The zero-order valence-corrected chi connectivity index (χ0v) is 10.2. The average molecular weight is 278 g/mol. The van der Waals surface area contributed by atoms with Crippen LogP contribution >= 0.6 is 15.9 Å². The molecule has 0 aliphatic rings. The second kappa shape index (κ2) is 4.91. The monoisotopic (exact) mass is 277 g/mol. The van der Waals surface area contributed by atoms with Gasteiger partial charge in [0.15, 0.2) is 9.84 Å². The summed E-state index contributed by atoms with van der Waals surface area (Å²) in [5.41, 5.74) is 0. The van der Waals surface area contributed by atoms with E-state index in [1.807, 2.05) is 0 Å². The normalized spacial score (nSPS) is 11.6. The van der Waals surface area contributed by atoms with E-state index in [0.29, 0.717) is 11.4 Å². The summed E-state index contributed by atoms with van der Waals surface area (Å²) in [5, 5.41) is 2.82. The summed E-state index contributed by atoms with van der Waals surface area (Å²) >= 11 is 3.26. The number of hydrogen-bond donors (Lipinski definition) is 1. The minimum Gasteiger partial charge on any atom is -0.319 e. The van der Waals surface area contributed by atoms with Gasteiger partial charge in [0.2, 0.25) is 0 Å². The zero-order valence-electron chi connectivity index (χ0n) is 7.83. The van der Waals surface area contributed by atoms with Crippen LogP contribution in [0.5, 0.6) is 0 Å². The lowest BCUT2D eigenvalue weighted by Crippen LogP contribution is -2.19. The molecule has 0 amide bonds. The first-order chi connectivity index (χ1) is 6.56. The predicted molar refractivity (Wildman–Crippen MR) is 60.1 cm³/mol. The van der Waals surface area contributed by atoms with Gasteiger partial charge in [-0.2, -0.15) is 0 Å². The van der Waals surface area contributed by atoms with Crippen LogP contribution in [-0.2, 0) is 9.84 Å². The lowest BCUT2D eigenvalue weighted by atomic mass is 10.4.